The van der Waals surface area contributed by atoms with Crippen molar-refractivity contribution in [1.82, 2.24) is 14.9 Å². The molecule has 1 aromatic heterocycles. The zero-order valence-electron chi connectivity index (χ0n) is 21.3. The number of rotatable bonds is 6. The Morgan fingerprint density at radius 2 is 1.68 bits per heavy atom. The average molecular weight is 522 g/mol. The molecule has 0 radical (unpaired) electrons. The molecule has 1 amide bonds. The van der Waals surface area contributed by atoms with Gasteiger partial charge in [-0.1, -0.05) is 36.0 Å². The molecule has 194 valence electrons. The van der Waals surface area contributed by atoms with Crippen LogP contribution in [0.25, 0.3) is 0 Å². The number of hydrogen-bond donors (Lipinski definition) is 0. The SMILES string of the molecule is Cc1nc(SCc2cccc(C(=O)N3CCOCC3)c2)nc(N2CCN(c3ccccc3F)CC2)c1C. The molecular formula is C28H32FN5O2S. The second-order valence-corrected chi connectivity index (χ2v) is 10.3. The Morgan fingerprint density at radius 3 is 2.43 bits per heavy atom. The number of aromatic nitrogens is 2. The molecule has 2 aliphatic rings. The quantitative estimate of drug-likeness (QED) is 0.354. The Hall–Kier alpha value is -3.17. The van der Waals surface area contributed by atoms with Crippen LogP contribution in [-0.4, -0.2) is 73.3 Å². The third-order valence-corrected chi connectivity index (χ3v) is 7.87. The lowest BCUT2D eigenvalue weighted by molar-refractivity contribution is 0.0303. The molecule has 2 aromatic carbocycles. The first kappa shape index (κ1) is 25.5. The summed E-state index contributed by atoms with van der Waals surface area (Å²) < 4.78 is 19.6. The highest BCUT2D eigenvalue weighted by atomic mass is 32.2. The van der Waals surface area contributed by atoms with Crippen LogP contribution in [0.15, 0.2) is 53.7 Å². The van der Waals surface area contributed by atoms with E-state index in [1.165, 1.54) is 6.07 Å². The number of carbonyl (C=O) groups is 1. The molecule has 3 heterocycles. The molecule has 37 heavy (non-hydrogen) atoms. The van der Waals surface area contributed by atoms with Crippen LogP contribution in [0.2, 0.25) is 0 Å². The highest BCUT2D eigenvalue weighted by molar-refractivity contribution is 7.98. The van der Waals surface area contributed by atoms with Gasteiger partial charge < -0.3 is 19.4 Å². The average Bonchev–Trinajstić information content (AvgIpc) is 2.94. The van der Waals surface area contributed by atoms with Crippen molar-refractivity contribution in [2.75, 3.05) is 62.3 Å². The fourth-order valence-electron chi connectivity index (χ4n) is 4.72. The highest BCUT2D eigenvalue weighted by Gasteiger charge is 2.23. The van der Waals surface area contributed by atoms with Crippen molar-refractivity contribution in [2.24, 2.45) is 0 Å². The van der Waals surface area contributed by atoms with Gasteiger partial charge in [-0.3, -0.25) is 4.79 Å². The maximum Gasteiger partial charge on any atom is 0.254 e. The largest absolute Gasteiger partial charge is 0.378 e. The lowest BCUT2D eigenvalue weighted by atomic mass is 10.1. The van der Waals surface area contributed by atoms with Crippen molar-refractivity contribution in [2.45, 2.75) is 24.8 Å². The number of hydrogen-bond acceptors (Lipinski definition) is 7. The summed E-state index contributed by atoms with van der Waals surface area (Å²) in [6, 6.07) is 14.8. The lowest BCUT2D eigenvalue weighted by Crippen LogP contribution is -2.47. The van der Waals surface area contributed by atoms with Gasteiger partial charge in [-0.2, -0.15) is 0 Å². The van der Waals surface area contributed by atoms with Gasteiger partial charge in [0.1, 0.15) is 11.6 Å². The Balaban J connectivity index is 1.25. The van der Waals surface area contributed by atoms with Gasteiger partial charge in [-0.25, -0.2) is 14.4 Å². The van der Waals surface area contributed by atoms with E-state index in [-0.39, 0.29) is 11.7 Å². The summed E-state index contributed by atoms with van der Waals surface area (Å²) in [4.78, 5) is 28.7. The van der Waals surface area contributed by atoms with Crippen molar-refractivity contribution < 1.29 is 13.9 Å². The number of aryl methyl sites for hydroxylation is 1. The lowest BCUT2D eigenvalue weighted by Gasteiger charge is -2.37. The third-order valence-electron chi connectivity index (χ3n) is 6.96. The fraction of sp³-hybridized carbons (Fsp3) is 0.393. The molecule has 2 aliphatic heterocycles. The van der Waals surface area contributed by atoms with Gasteiger partial charge in [-0.15, -0.1) is 0 Å². The molecule has 0 aliphatic carbocycles. The summed E-state index contributed by atoms with van der Waals surface area (Å²) in [5, 5.41) is 0.722. The van der Waals surface area contributed by atoms with Crippen molar-refractivity contribution in [3.8, 4) is 0 Å². The number of piperazine rings is 1. The zero-order valence-corrected chi connectivity index (χ0v) is 22.1. The molecule has 9 heteroatoms. The number of thioether (sulfide) groups is 1. The normalized spacial score (nSPS) is 16.2. The van der Waals surface area contributed by atoms with E-state index in [0.29, 0.717) is 43.3 Å². The van der Waals surface area contributed by atoms with E-state index in [0.717, 1.165) is 54.0 Å². The molecule has 3 aromatic rings. The van der Waals surface area contributed by atoms with Crippen LogP contribution in [0.5, 0.6) is 0 Å². The van der Waals surface area contributed by atoms with E-state index >= 15 is 0 Å². The molecule has 2 fully saturated rings. The van der Waals surface area contributed by atoms with Crippen molar-refractivity contribution in [1.29, 1.82) is 0 Å². The summed E-state index contributed by atoms with van der Waals surface area (Å²) in [5.74, 6) is 1.49. The topological polar surface area (TPSA) is 61.8 Å². The third kappa shape index (κ3) is 5.88. The van der Waals surface area contributed by atoms with E-state index in [1.54, 1.807) is 17.8 Å². The minimum absolute atomic E-state index is 0.0504. The predicted molar refractivity (Wildman–Crippen MR) is 145 cm³/mol. The molecule has 0 N–H and O–H groups in total. The Morgan fingerprint density at radius 1 is 0.946 bits per heavy atom. The summed E-state index contributed by atoms with van der Waals surface area (Å²) in [6.07, 6.45) is 0. The number of ether oxygens (including phenoxy) is 1. The molecule has 0 spiro atoms. The Kier molecular flexibility index (Phi) is 7.90. The number of morpholine rings is 1. The van der Waals surface area contributed by atoms with E-state index in [2.05, 4.69) is 16.7 Å². The fourth-order valence-corrected chi connectivity index (χ4v) is 5.55. The number of amides is 1. The van der Waals surface area contributed by atoms with E-state index < -0.39 is 0 Å². The smallest absolute Gasteiger partial charge is 0.254 e. The Labute approximate surface area is 221 Å². The van der Waals surface area contributed by atoms with Crippen molar-refractivity contribution in [3.05, 3.63) is 76.7 Å². The molecule has 7 nitrogen and oxygen atoms in total. The molecular weight excluding hydrogens is 489 g/mol. The van der Waals surface area contributed by atoms with Gasteiger partial charge in [0.05, 0.1) is 18.9 Å². The van der Waals surface area contributed by atoms with Crippen LogP contribution in [0, 0.1) is 19.7 Å². The first-order chi connectivity index (χ1) is 18.0. The first-order valence-corrected chi connectivity index (χ1v) is 13.7. The Bertz CT molecular complexity index is 1260. The van der Waals surface area contributed by atoms with E-state index in [1.807, 2.05) is 48.2 Å². The minimum Gasteiger partial charge on any atom is -0.378 e. The molecule has 0 saturated carbocycles. The second kappa shape index (κ2) is 11.5. The van der Waals surface area contributed by atoms with Crippen LogP contribution in [-0.2, 0) is 10.5 Å². The monoisotopic (exact) mass is 521 g/mol. The highest BCUT2D eigenvalue weighted by Crippen LogP contribution is 2.28. The summed E-state index contributed by atoms with van der Waals surface area (Å²) >= 11 is 1.58. The van der Waals surface area contributed by atoms with Gasteiger partial charge in [0, 0.05) is 61.8 Å². The maximum absolute atomic E-state index is 14.2. The van der Waals surface area contributed by atoms with Gasteiger partial charge in [0.15, 0.2) is 5.16 Å². The maximum atomic E-state index is 14.2. The van der Waals surface area contributed by atoms with Crippen LogP contribution < -0.4 is 9.80 Å². The van der Waals surface area contributed by atoms with E-state index in [9.17, 15) is 9.18 Å². The number of halogens is 1. The van der Waals surface area contributed by atoms with Gasteiger partial charge in [-0.05, 0) is 43.7 Å². The number of nitrogens with zero attached hydrogens (tertiary/aromatic N) is 5. The molecule has 0 bridgehead atoms. The molecule has 0 atom stereocenters. The van der Waals surface area contributed by atoms with Crippen LogP contribution in [0.1, 0.15) is 27.2 Å². The van der Waals surface area contributed by atoms with Crippen LogP contribution in [0.4, 0.5) is 15.9 Å². The van der Waals surface area contributed by atoms with Crippen LogP contribution in [0.3, 0.4) is 0 Å². The van der Waals surface area contributed by atoms with Crippen LogP contribution >= 0.6 is 11.8 Å². The summed E-state index contributed by atoms with van der Waals surface area (Å²) in [7, 11) is 0. The number of benzene rings is 2. The van der Waals surface area contributed by atoms with E-state index in [4.69, 9.17) is 14.7 Å². The standard InChI is InChI=1S/C28H32FN5O2S/c1-20-21(2)30-28(31-26(20)33-12-10-32(11-13-33)25-9-4-3-8-24(25)29)37-19-22-6-5-7-23(18-22)27(35)34-14-16-36-17-15-34/h3-9,18H,10-17,19H2,1-2H3. The van der Waals surface area contributed by atoms with Gasteiger partial charge in [0.25, 0.3) is 5.91 Å². The number of para-hydroxylation sites is 1. The molecule has 5 rings (SSSR count). The molecule has 2 saturated heterocycles. The summed E-state index contributed by atoms with van der Waals surface area (Å²) in [6.45, 7) is 9.51. The predicted octanol–water partition coefficient (Wildman–Crippen LogP) is 4.32. The van der Waals surface area contributed by atoms with Crippen molar-refractivity contribution in [3.63, 3.8) is 0 Å². The minimum atomic E-state index is -0.181. The second-order valence-electron chi connectivity index (χ2n) is 9.36. The summed E-state index contributed by atoms with van der Waals surface area (Å²) in [5.41, 5.74) is 4.45. The van der Waals surface area contributed by atoms with Crippen molar-refractivity contribution >= 4 is 29.2 Å². The first-order valence-electron chi connectivity index (χ1n) is 12.7. The van der Waals surface area contributed by atoms with Gasteiger partial charge in [0.2, 0.25) is 0 Å². The number of carbonyl (C=O) groups excluding carboxylic acids is 1. The number of anilines is 2. The molecule has 0 unspecified atom stereocenters. The zero-order chi connectivity index (χ0) is 25.8. The van der Waals surface area contributed by atoms with Gasteiger partial charge >= 0.3 is 0 Å².